The fourth-order valence-electron chi connectivity index (χ4n) is 7.70. The van der Waals surface area contributed by atoms with Crippen molar-refractivity contribution in [2.75, 3.05) is 0 Å². The summed E-state index contributed by atoms with van der Waals surface area (Å²) in [5.74, 6) is 0. The van der Waals surface area contributed by atoms with Crippen molar-refractivity contribution < 1.29 is 0 Å². The zero-order valence-corrected chi connectivity index (χ0v) is 26.2. The highest BCUT2D eigenvalue weighted by Crippen LogP contribution is 2.44. The Morgan fingerprint density at radius 2 is 0.630 bits per heavy atom. The quantitative estimate of drug-likeness (QED) is 0.182. The van der Waals surface area contributed by atoms with Gasteiger partial charge in [-0.25, -0.2) is 0 Å². The van der Waals surface area contributed by atoms with Gasteiger partial charge in [-0.3, -0.25) is 0 Å². The molecule has 0 atom stereocenters. The molecular weight excluding hydrogens is 597 g/mol. The summed E-state index contributed by atoms with van der Waals surface area (Å²) in [6.07, 6.45) is 0. The largest absolute Gasteiger partial charge is 0.309 e. The van der Waals surface area contributed by atoms with E-state index in [0.29, 0.717) is 0 Å². The summed E-state index contributed by atoms with van der Waals surface area (Å²) >= 11 is 3.79. The summed E-state index contributed by atoms with van der Waals surface area (Å²) in [5, 5.41) is 10.5. The van der Waals surface area contributed by atoms with Crippen molar-refractivity contribution in [3.63, 3.8) is 0 Å². The first-order valence-electron chi connectivity index (χ1n) is 15.6. The Labute approximate surface area is 271 Å². The van der Waals surface area contributed by atoms with Crippen LogP contribution in [-0.4, -0.2) is 9.13 Å². The Hall–Kier alpha value is -5.42. The molecule has 214 valence electrons. The van der Waals surface area contributed by atoms with Crippen molar-refractivity contribution >= 4 is 107 Å². The number of aromatic nitrogens is 2. The molecule has 11 rings (SSSR count). The zero-order chi connectivity index (χ0) is 29.9. The zero-order valence-electron chi connectivity index (χ0n) is 24.6. The number of hydrogen-bond donors (Lipinski definition) is 0. The van der Waals surface area contributed by atoms with Gasteiger partial charge in [-0.15, -0.1) is 22.7 Å². The molecular formula is C42H24N2S2. The molecule has 0 unspecified atom stereocenters. The molecule has 0 N–H and O–H groups in total. The van der Waals surface area contributed by atoms with E-state index in [2.05, 4.69) is 155 Å². The Balaban J connectivity index is 1.16. The first-order chi connectivity index (χ1) is 22.8. The molecule has 0 saturated heterocycles. The van der Waals surface area contributed by atoms with Gasteiger partial charge in [0.2, 0.25) is 0 Å². The van der Waals surface area contributed by atoms with Gasteiger partial charge in [0.15, 0.2) is 0 Å². The van der Waals surface area contributed by atoms with E-state index in [4.69, 9.17) is 0 Å². The SMILES string of the molecule is c1ccc2c(c1)c1ccccc1n2-c1ccc2sc3cc4sc5ccc(-n6c7ccccc7c7ccccc76)cc5c4cc3c2c1. The number of fused-ring (bicyclic) bond motifs is 12. The van der Waals surface area contributed by atoms with Crippen molar-refractivity contribution in [2.45, 2.75) is 0 Å². The molecule has 0 spiro atoms. The second-order valence-corrected chi connectivity index (χ2v) is 14.3. The van der Waals surface area contributed by atoms with Crippen LogP contribution in [0.15, 0.2) is 146 Å². The lowest BCUT2D eigenvalue weighted by atomic mass is 10.1. The number of para-hydroxylation sites is 4. The molecule has 0 radical (unpaired) electrons. The van der Waals surface area contributed by atoms with E-state index in [1.165, 1.54) is 95.3 Å². The average Bonchev–Trinajstić information content (AvgIpc) is 3.84. The number of thiophene rings is 2. The molecule has 11 aromatic rings. The molecule has 7 aromatic carbocycles. The molecule has 0 fully saturated rings. The van der Waals surface area contributed by atoms with Gasteiger partial charge in [-0.05, 0) is 72.8 Å². The second kappa shape index (κ2) is 9.07. The number of benzene rings is 7. The Bertz CT molecular complexity index is 2730. The normalized spacial score (nSPS) is 12.3. The van der Waals surface area contributed by atoms with Crippen LogP contribution in [0, 0.1) is 0 Å². The minimum Gasteiger partial charge on any atom is -0.309 e. The van der Waals surface area contributed by atoms with Crippen molar-refractivity contribution in [1.29, 1.82) is 0 Å². The summed E-state index contributed by atoms with van der Waals surface area (Å²) < 4.78 is 10.2. The monoisotopic (exact) mass is 620 g/mol. The van der Waals surface area contributed by atoms with Crippen LogP contribution >= 0.6 is 22.7 Å². The van der Waals surface area contributed by atoms with Crippen LogP contribution in [0.5, 0.6) is 0 Å². The molecule has 4 heteroatoms. The summed E-state index contributed by atoms with van der Waals surface area (Å²) in [6, 6.07) is 53.9. The van der Waals surface area contributed by atoms with Gasteiger partial charge in [-0.1, -0.05) is 72.8 Å². The maximum absolute atomic E-state index is 2.45. The second-order valence-electron chi connectivity index (χ2n) is 12.1. The summed E-state index contributed by atoms with van der Waals surface area (Å²) in [7, 11) is 0. The van der Waals surface area contributed by atoms with E-state index in [1.807, 2.05) is 22.7 Å². The minimum atomic E-state index is 1.20. The van der Waals surface area contributed by atoms with E-state index >= 15 is 0 Å². The fourth-order valence-corrected chi connectivity index (χ4v) is 9.99. The highest BCUT2D eigenvalue weighted by Gasteiger charge is 2.17. The van der Waals surface area contributed by atoms with Gasteiger partial charge in [0.05, 0.1) is 22.1 Å². The molecule has 0 saturated carbocycles. The number of nitrogens with zero attached hydrogens (tertiary/aromatic N) is 2. The standard InChI is InChI=1S/C42H24N2S2/c1-5-13-35-27(9-1)28-10-2-6-14-36(28)43(35)25-17-19-39-31(21-25)33-23-34-32-22-26(18-20-40(32)46-42(34)24-41(33)45-39)44-37-15-7-3-11-29(37)30-12-4-8-16-38(30)44/h1-24H. The Kier molecular flexibility index (Phi) is 4.90. The molecule has 0 aliphatic carbocycles. The third-order valence-corrected chi connectivity index (χ3v) is 12.0. The van der Waals surface area contributed by atoms with E-state index in [-0.39, 0.29) is 0 Å². The van der Waals surface area contributed by atoms with E-state index in [9.17, 15) is 0 Å². The third kappa shape index (κ3) is 3.30. The summed E-state index contributed by atoms with van der Waals surface area (Å²) in [4.78, 5) is 0. The highest BCUT2D eigenvalue weighted by atomic mass is 32.1. The molecule has 4 aromatic heterocycles. The summed E-state index contributed by atoms with van der Waals surface area (Å²) in [6.45, 7) is 0. The third-order valence-electron chi connectivity index (χ3n) is 9.70. The summed E-state index contributed by atoms with van der Waals surface area (Å²) in [5.41, 5.74) is 7.37. The van der Waals surface area contributed by atoms with Crippen LogP contribution < -0.4 is 0 Å². The lowest BCUT2D eigenvalue weighted by molar-refractivity contribution is 1.19. The van der Waals surface area contributed by atoms with Gasteiger partial charge >= 0.3 is 0 Å². The van der Waals surface area contributed by atoms with Gasteiger partial charge in [0.1, 0.15) is 0 Å². The van der Waals surface area contributed by atoms with Gasteiger partial charge in [0, 0.05) is 73.3 Å². The van der Waals surface area contributed by atoms with Gasteiger partial charge < -0.3 is 9.13 Å². The maximum Gasteiger partial charge on any atom is 0.0541 e. The van der Waals surface area contributed by atoms with E-state index in [1.54, 1.807) is 0 Å². The fraction of sp³-hybridized carbons (Fsp3) is 0. The minimum absolute atomic E-state index is 1.20. The molecule has 0 aliphatic rings. The van der Waals surface area contributed by atoms with Crippen LogP contribution in [0.3, 0.4) is 0 Å². The van der Waals surface area contributed by atoms with E-state index < -0.39 is 0 Å². The lowest BCUT2D eigenvalue weighted by Crippen LogP contribution is -1.93. The molecule has 0 aliphatic heterocycles. The van der Waals surface area contributed by atoms with Crippen LogP contribution in [0.1, 0.15) is 0 Å². The Morgan fingerprint density at radius 3 is 1.02 bits per heavy atom. The molecule has 46 heavy (non-hydrogen) atoms. The van der Waals surface area contributed by atoms with Crippen LogP contribution in [-0.2, 0) is 0 Å². The van der Waals surface area contributed by atoms with Crippen LogP contribution in [0.4, 0.5) is 0 Å². The van der Waals surface area contributed by atoms with Gasteiger partial charge in [-0.2, -0.15) is 0 Å². The van der Waals surface area contributed by atoms with Crippen molar-refractivity contribution in [3.05, 3.63) is 146 Å². The molecule has 2 nitrogen and oxygen atoms in total. The van der Waals surface area contributed by atoms with Crippen LogP contribution in [0.25, 0.3) is 95.3 Å². The molecule has 0 bridgehead atoms. The Morgan fingerprint density at radius 1 is 0.283 bits per heavy atom. The predicted octanol–water partition coefficient (Wildman–Crippen LogP) is 12.6. The average molecular weight is 621 g/mol. The van der Waals surface area contributed by atoms with Gasteiger partial charge in [0.25, 0.3) is 0 Å². The smallest absolute Gasteiger partial charge is 0.0541 e. The first-order valence-corrected chi connectivity index (χ1v) is 17.2. The first kappa shape index (κ1) is 24.8. The predicted molar refractivity (Wildman–Crippen MR) is 201 cm³/mol. The topological polar surface area (TPSA) is 9.86 Å². The van der Waals surface area contributed by atoms with Crippen molar-refractivity contribution in [2.24, 2.45) is 0 Å². The van der Waals surface area contributed by atoms with Crippen LogP contribution in [0.2, 0.25) is 0 Å². The van der Waals surface area contributed by atoms with E-state index in [0.717, 1.165) is 0 Å². The number of hydrogen-bond acceptors (Lipinski definition) is 2. The van der Waals surface area contributed by atoms with Crippen molar-refractivity contribution in [3.8, 4) is 11.4 Å². The van der Waals surface area contributed by atoms with Crippen molar-refractivity contribution in [1.82, 2.24) is 9.13 Å². The highest BCUT2D eigenvalue weighted by molar-refractivity contribution is 7.28. The molecule has 0 amide bonds. The number of rotatable bonds is 2. The molecule has 4 heterocycles. The lowest BCUT2D eigenvalue weighted by Gasteiger charge is -2.08. The maximum atomic E-state index is 2.45.